The normalized spacial score (nSPS) is 14.1. The molecule has 3 nitrogen and oxygen atoms in total. The Hall–Kier alpha value is -0.220. The number of thiol groups is 1. The fourth-order valence-electron chi connectivity index (χ4n) is 0.561. The molecule has 2 unspecified atom stereocenters. The van der Waals surface area contributed by atoms with E-state index in [1.807, 2.05) is 20.8 Å². The van der Waals surface area contributed by atoms with Gasteiger partial charge in [-0.3, -0.25) is 4.79 Å². The maximum absolute atomic E-state index is 10.2. The Labute approximate surface area is 79.8 Å². The second-order valence-corrected chi connectivity index (χ2v) is 2.97. The average molecular weight is 193 g/mol. The van der Waals surface area contributed by atoms with Crippen LogP contribution in [-0.2, 0) is 4.79 Å². The number of hydrogen-bond acceptors (Lipinski definition) is 3. The van der Waals surface area contributed by atoms with Gasteiger partial charge in [-0.15, -0.1) is 0 Å². The van der Waals surface area contributed by atoms with Gasteiger partial charge in [-0.05, 0) is 12.8 Å². The van der Waals surface area contributed by atoms with Crippen LogP contribution in [0.4, 0.5) is 0 Å². The Morgan fingerprint density at radius 1 is 1.58 bits per heavy atom. The van der Waals surface area contributed by atoms with Crippen molar-refractivity contribution in [2.24, 2.45) is 5.73 Å². The fraction of sp³-hybridized carbons (Fsp3) is 0.875. The van der Waals surface area contributed by atoms with E-state index in [4.69, 9.17) is 10.8 Å². The van der Waals surface area contributed by atoms with Gasteiger partial charge >= 0.3 is 5.97 Å². The fourth-order valence-corrected chi connectivity index (χ4v) is 0.788. The molecule has 0 aliphatic rings. The number of rotatable bonds is 4. The Balaban J connectivity index is 0. The Morgan fingerprint density at radius 3 is 2.25 bits per heavy atom. The molecule has 0 aliphatic carbocycles. The molecule has 0 aromatic rings. The summed E-state index contributed by atoms with van der Waals surface area (Å²) in [6.07, 6.45) is 1.29. The van der Waals surface area contributed by atoms with Crippen LogP contribution in [-0.4, -0.2) is 22.4 Å². The average Bonchev–Trinajstić information content (AvgIpc) is 2.07. The van der Waals surface area contributed by atoms with Crippen LogP contribution in [0, 0.1) is 0 Å². The molecule has 0 saturated heterocycles. The van der Waals surface area contributed by atoms with Gasteiger partial charge in [0.1, 0.15) is 6.04 Å². The molecule has 0 fully saturated rings. The molecule has 0 aromatic heterocycles. The van der Waals surface area contributed by atoms with Gasteiger partial charge in [-0.25, -0.2) is 0 Å². The first-order chi connectivity index (χ1) is 5.57. The molecule has 0 heterocycles. The van der Waals surface area contributed by atoms with Crippen LogP contribution in [0.25, 0.3) is 0 Å². The largest absolute Gasteiger partial charge is 0.480 e. The molecular weight excluding hydrogens is 174 g/mol. The SMILES string of the molecule is CC.CCC(S)CC(N)C(=O)O. The summed E-state index contributed by atoms with van der Waals surface area (Å²) in [7, 11) is 0. The highest BCUT2D eigenvalue weighted by Gasteiger charge is 2.14. The summed E-state index contributed by atoms with van der Waals surface area (Å²) < 4.78 is 0. The van der Waals surface area contributed by atoms with Crippen molar-refractivity contribution in [2.75, 3.05) is 0 Å². The smallest absolute Gasteiger partial charge is 0.320 e. The van der Waals surface area contributed by atoms with Crippen molar-refractivity contribution >= 4 is 18.6 Å². The third-order valence-corrected chi connectivity index (χ3v) is 1.89. The molecule has 0 radical (unpaired) electrons. The minimum Gasteiger partial charge on any atom is -0.480 e. The third-order valence-electron chi connectivity index (χ3n) is 1.31. The first kappa shape index (κ1) is 14.3. The molecule has 0 spiro atoms. The quantitative estimate of drug-likeness (QED) is 0.593. The van der Waals surface area contributed by atoms with Crippen molar-refractivity contribution < 1.29 is 9.90 Å². The molecule has 74 valence electrons. The summed E-state index contributed by atoms with van der Waals surface area (Å²) in [4.78, 5) is 10.2. The number of aliphatic carboxylic acids is 1. The first-order valence-electron chi connectivity index (χ1n) is 4.24. The van der Waals surface area contributed by atoms with Gasteiger partial charge in [-0.2, -0.15) is 12.6 Å². The number of carboxylic acid groups (broad SMARTS) is 1. The Kier molecular flexibility index (Phi) is 10.6. The molecule has 3 N–H and O–H groups in total. The van der Waals surface area contributed by atoms with E-state index in [2.05, 4.69) is 12.6 Å². The van der Waals surface area contributed by atoms with Crippen LogP contribution < -0.4 is 5.73 Å². The van der Waals surface area contributed by atoms with E-state index in [1.54, 1.807) is 0 Å². The lowest BCUT2D eigenvalue weighted by Crippen LogP contribution is -2.32. The van der Waals surface area contributed by atoms with E-state index in [0.29, 0.717) is 6.42 Å². The monoisotopic (exact) mass is 193 g/mol. The highest BCUT2D eigenvalue weighted by atomic mass is 32.1. The van der Waals surface area contributed by atoms with E-state index in [-0.39, 0.29) is 5.25 Å². The minimum atomic E-state index is -0.951. The van der Waals surface area contributed by atoms with Gasteiger partial charge in [0, 0.05) is 5.25 Å². The third kappa shape index (κ3) is 7.88. The highest BCUT2D eigenvalue weighted by molar-refractivity contribution is 7.80. The predicted octanol–water partition coefficient (Wildman–Crippen LogP) is 1.52. The summed E-state index contributed by atoms with van der Waals surface area (Å²) in [5, 5.41) is 8.47. The summed E-state index contributed by atoms with van der Waals surface area (Å²) in [6, 6.07) is -0.762. The molecule has 0 aliphatic heterocycles. The first-order valence-corrected chi connectivity index (χ1v) is 4.76. The second-order valence-electron chi connectivity index (χ2n) is 2.24. The maximum atomic E-state index is 10.2. The molecule has 12 heavy (non-hydrogen) atoms. The maximum Gasteiger partial charge on any atom is 0.320 e. The lowest BCUT2D eigenvalue weighted by molar-refractivity contribution is -0.138. The van der Waals surface area contributed by atoms with E-state index in [0.717, 1.165) is 6.42 Å². The second kappa shape index (κ2) is 8.87. The summed E-state index contributed by atoms with van der Waals surface area (Å²) in [6.45, 7) is 5.95. The van der Waals surface area contributed by atoms with Crippen molar-refractivity contribution in [3.05, 3.63) is 0 Å². The van der Waals surface area contributed by atoms with Crippen molar-refractivity contribution in [1.82, 2.24) is 0 Å². The Morgan fingerprint density at radius 2 is 2.00 bits per heavy atom. The predicted molar refractivity (Wildman–Crippen MR) is 54.6 cm³/mol. The molecule has 0 amide bonds. The van der Waals surface area contributed by atoms with Gasteiger partial charge in [0.15, 0.2) is 0 Å². The van der Waals surface area contributed by atoms with E-state index >= 15 is 0 Å². The van der Waals surface area contributed by atoms with Crippen LogP contribution >= 0.6 is 12.6 Å². The molecular formula is C8H19NO2S. The van der Waals surface area contributed by atoms with Gasteiger partial charge in [0.05, 0.1) is 0 Å². The number of carbonyl (C=O) groups is 1. The van der Waals surface area contributed by atoms with Gasteiger partial charge in [0.2, 0.25) is 0 Å². The van der Waals surface area contributed by atoms with E-state index in [1.165, 1.54) is 0 Å². The van der Waals surface area contributed by atoms with Crippen LogP contribution in [0.5, 0.6) is 0 Å². The number of hydrogen-bond donors (Lipinski definition) is 3. The zero-order valence-corrected chi connectivity index (χ0v) is 8.84. The molecule has 0 rings (SSSR count). The molecule has 4 heteroatoms. The van der Waals surface area contributed by atoms with Crippen LogP contribution in [0.15, 0.2) is 0 Å². The summed E-state index contributed by atoms with van der Waals surface area (Å²) in [5.41, 5.74) is 5.24. The van der Waals surface area contributed by atoms with Crippen LogP contribution in [0.2, 0.25) is 0 Å². The van der Waals surface area contributed by atoms with Gasteiger partial charge < -0.3 is 10.8 Å². The molecule has 0 saturated carbocycles. The number of carboxylic acids is 1. The Bertz CT molecular complexity index is 120. The van der Waals surface area contributed by atoms with Crippen molar-refractivity contribution in [3.63, 3.8) is 0 Å². The molecule has 0 aromatic carbocycles. The summed E-state index contributed by atoms with van der Waals surface area (Å²) in [5.74, 6) is -0.951. The standard InChI is InChI=1S/C6H13NO2S.C2H6/c1-2-4(10)3-5(7)6(8)9;1-2/h4-5,10H,2-3,7H2,1H3,(H,8,9);1-2H3. The zero-order valence-electron chi connectivity index (χ0n) is 7.95. The van der Waals surface area contributed by atoms with Crippen LogP contribution in [0.1, 0.15) is 33.6 Å². The van der Waals surface area contributed by atoms with E-state index < -0.39 is 12.0 Å². The van der Waals surface area contributed by atoms with E-state index in [9.17, 15) is 4.79 Å². The van der Waals surface area contributed by atoms with Crippen molar-refractivity contribution in [1.29, 1.82) is 0 Å². The van der Waals surface area contributed by atoms with Crippen LogP contribution in [0.3, 0.4) is 0 Å². The molecule has 0 bridgehead atoms. The lowest BCUT2D eigenvalue weighted by atomic mass is 10.1. The van der Waals surface area contributed by atoms with Gasteiger partial charge in [0.25, 0.3) is 0 Å². The van der Waals surface area contributed by atoms with Crippen molar-refractivity contribution in [3.8, 4) is 0 Å². The van der Waals surface area contributed by atoms with Gasteiger partial charge in [-0.1, -0.05) is 20.8 Å². The minimum absolute atomic E-state index is 0.103. The summed E-state index contributed by atoms with van der Waals surface area (Å²) >= 11 is 4.12. The zero-order chi connectivity index (χ0) is 10.1. The van der Waals surface area contributed by atoms with Crippen molar-refractivity contribution in [2.45, 2.75) is 44.9 Å². The topological polar surface area (TPSA) is 63.3 Å². The highest BCUT2D eigenvalue weighted by Crippen LogP contribution is 2.07. The number of nitrogens with two attached hydrogens (primary N) is 1. The lowest BCUT2D eigenvalue weighted by Gasteiger charge is -2.10. The molecule has 2 atom stereocenters.